The first-order valence-corrected chi connectivity index (χ1v) is 9.70. The molecule has 0 aliphatic heterocycles. The van der Waals surface area contributed by atoms with Crippen LogP contribution in [-0.4, -0.2) is 30.5 Å². The number of methoxy groups -OCH3 is 1. The minimum atomic E-state index is -4.51. The fourth-order valence-electron chi connectivity index (χ4n) is 3.10. The van der Waals surface area contributed by atoms with Crippen LogP contribution in [-0.2, 0) is 27.7 Å². The molecule has 2 N–H and O–H groups in total. The Hall–Kier alpha value is -2.87. The number of alkyl halides is 3. The predicted molar refractivity (Wildman–Crippen MR) is 111 cm³/mol. The van der Waals surface area contributed by atoms with Crippen molar-refractivity contribution in [3.8, 4) is 16.9 Å². The van der Waals surface area contributed by atoms with Gasteiger partial charge in [-0.05, 0) is 61.7 Å². The zero-order valence-electron chi connectivity index (χ0n) is 17.9. The number of ketones is 1. The van der Waals surface area contributed by atoms with Gasteiger partial charge in [-0.25, -0.2) is 0 Å². The van der Waals surface area contributed by atoms with Crippen molar-refractivity contribution in [2.24, 2.45) is 0 Å². The quantitative estimate of drug-likeness (QED) is 0.551. The van der Waals surface area contributed by atoms with Crippen LogP contribution < -0.4 is 10.1 Å². The molecular weight excluding hydrogens is 411 g/mol. The number of carbonyl (C=O) groups excluding carboxylic acids is 1. The van der Waals surface area contributed by atoms with E-state index in [9.17, 15) is 27.9 Å². The van der Waals surface area contributed by atoms with Crippen molar-refractivity contribution in [2.75, 3.05) is 13.7 Å². The number of aliphatic carboxylic acids is 1. The summed E-state index contributed by atoms with van der Waals surface area (Å²) in [5.74, 6) is -0.640. The Morgan fingerprint density at radius 3 is 2.23 bits per heavy atom. The third-order valence-corrected chi connectivity index (χ3v) is 5.15. The Morgan fingerprint density at radius 1 is 1.03 bits per heavy atom. The molecule has 0 fully saturated rings. The Kier molecular flexibility index (Phi) is 7.49. The maximum atomic E-state index is 13.3. The lowest BCUT2D eigenvalue weighted by Crippen LogP contribution is -2.28. The van der Waals surface area contributed by atoms with E-state index < -0.39 is 23.1 Å². The monoisotopic (exact) mass is 437 g/mol. The number of carboxylic acid groups (broad SMARTS) is 1. The molecule has 5 nitrogen and oxygen atoms in total. The Bertz CT molecular complexity index is 968. The van der Waals surface area contributed by atoms with Crippen LogP contribution in [0.5, 0.6) is 5.75 Å². The van der Waals surface area contributed by atoms with E-state index in [2.05, 4.69) is 5.32 Å². The maximum Gasteiger partial charge on any atom is 0.416 e. The highest BCUT2D eigenvalue weighted by Crippen LogP contribution is 2.39. The molecule has 0 saturated carbocycles. The number of carbonyl (C=O) groups is 2. The molecule has 2 aromatic carbocycles. The molecule has 0 bridgehead atoms. The zero-order chi connectivity index (χ0) is 23.4. The normalized spacial score (nSPS) is 12.0. The summed E-state index contributed by atoms with van der Waals surface area (Å²) in [5, 5.41) is 12.6. The van der Waals surface area contributed by atoms with Gasteiger partial charge in [0.05, 0.1) is 18.1 Å². The van der Waals surface area contributed by atoms with Crippen LogP contribution in [0.3, 0.4) is 0 Å². The summed E-state index contributed by atoms with van der Waals surface area (Å²) in [7, 11) is 1.44. The molecule has 8 heteroatoms. The predicted octanol–water partition coefficient (Wildman–Crippen LogP) is 4.81. The van der Waals surface area contributed by atoms with Gasteiger partial charge in [0.2, 0.25) is 0 Å². The van der Waals surface area contributed by atoms with Gasteiger partial charge in [0.15, 0.2) is 0 Å². The van der Waals surface area contributed by atoms with Crippen LogP contribution in [0.2, 0.25) is 0 Å². The third-order valence-electron chi connectivity index (χ3n) is 5.15. The summed E-state index contributed by atoms with van der Waals surface area (Å²) in [6, 6.07) is 8.29. The number of halogens is 3. The van der Waals surface area contributed by atoms with Gasteiger partial charge in [-0.3, -0.25) is 9.59 Å². The van der Waals surface area contributed by atoms with E-state index in [0.29, 0.717) is 34.5 Å². The SMILES string of the molecule is COc1ccc(C(C)(C)C(=O)O)cc1-c1ccc(C(F)(F)F)cc1CNCCC(C)=O. The van der Waals surface area contributed by atoms with E-state index in [-0.39, 0.29) is 18.7 Å². The highest BCUT2D eigenvalue weighted by atomic mass is 19.4. The van der Waals surface area contributed by atoms with E-state index in [1.807, 2.05) is 0 Å². The molecule has 31 heavy (non-hydrogen) atoms. The second kappa shape index (κ2) is 9.51. The fourth-order valence-corrected chi connectivity index (χ4v) is 3.10. The number of benzene rings is 2. The smallest absolute Gasteiger partial charge is 0.416 e. The van der Waals surface area contributed by atoms with Gasteiger partial charge >= 0.3 is 12.1 Å². The van der Waals surface area contributed by atoms with Crippen LogP contribution >= 0.6 is 0 Å². The summed E-state index contributed by atoms with van der Waals surface area (Å²) in [5.41, 5.74) is -0.157. The number of rotatable bonds is 9. The van der Waals surface area contributed by atoms with Crippen LogP contribution in [0.25, 0.3) is 11.1 Å². The summed E-state index contributed by atoms with van der Waals surface area (Å²) in [6.45, 7) is 4.98. The maximum absolute atomic E-state index is 13.3. The number of hydrogen-bond acceptors (Lipinski definition) is 4. The van der Waals surface area contributed by atoms with Crippen molar-refractivity contribution >= 4 is 11.8 Å². The van der Waals surface area contributed by atoms with E-state index in [1.54, 1.807) is 32.0 Å². The average molecular weight is 437 g/mol. The molecule has 0 aliphatic carbocycles. The Balaban J connectivity index is 2.59. The van der Waals surface area contributed by atoms with Crippen molar-refractivity contribution in [1.29, 1.82) is 0 Å². The molecule has 2 rings (SSSR count). The van der Waals surface area contributed by atoms with E-state index in [0.717, 1.165) is 12.1 Å². The number of Topliss-reactive ketones (excluding diaryl/α,β-unsaturated/α-hetero) is 1. The van der Waals surface area contributed by atoms with Gasteiger partial charge in [-0.15, -0.1) is 0 Å². The lowest BCUT2D eigenvalue weighted by atomic mass is 9.82. The molecular formula is C23H26F3NO4. The van der Waals surface area contributed by atoms with Gasteiger partial charge in [0.25, 0.3) is 0 Å². The summed E-state index contributed by atoms with van der Waals surface area (Å²) >= 11 is 0. The van der Waals surface area contributed by atoms with Crippen molar-refractivity contribution in [3.63, 3.8) is 0 Å². The van der Waals surface area contributed by atoms with Crippen LogP contribution in [0, 0.1) is 0 Å². The molecule has 0 spiro atoms. The molecule has 0 saturated heterocycles. The first kappa shape index (κ1) is 24.4. The first-order chi connectivity index (χ1) is 14.4. The molecule has 0 atom stereocenters. The van der Waals surface area contributed by atoms with Crippen LogP contribution in [0.15, 0.2) is 36.4 Å². The van der Waals surface area contributed by atoms with Crippen molar-refractivity contribution in [1.82, 2.24) is 5.32 Å². The Morgan fingerprint density at radius 2 is 1.68 bits per heavy atom. The number of carboxylic acids is 1. The average Bonchev–Trinajstić information content (AvgIpc) is 2.69. The van der Waals surface area contributed by atoms with Gasteiger partial charge in [-0.2, -0.15) is 13.2 Å². The molecule has 168 valence electrons. The standard InChI is InChI=1S/C23H26F3NO4/c1-14(28)9-10-27-13-15-11-17(23(24,25)26)5-7-18(15)19-12-16(6-8-20(19)31-4)22(2,3)21(29)30/h5-8,11-12,27H,9-10,13H2,1-4H3,(H,29,30). The number of nitrogens with one attached hydrogen (secondary N) is 1. The molecule has 0 aliphatic rings. The summed E-state index contributed by atoms with van der Waals surface area (Å²) in [4.78, 5) is 22.8. The topological polar surface area (TPSA) is 75.6 Å². The van der Waals surface area contributed by atoms with Crippen LogP contribution in [0.4, 0.5) is 13.2 Å². The molecule has 0 radical (unpaired) electrons. The van der Waals surface area contributed by atoms with Crippen molar-refractivity contribution < 1.29 is 32.6 Å². The fraction of sp³-hybridized carbons (Fsp3) is 0.391. The molecule has 0 aromatic heterocycles. The van der Waals surface area contributed by atoms with Gasteiger partial charge in [-0.1, -0.05) is 12.1 Å². The van der Waals surface area contributed by atoms with E-state index >= 15 is 0 Å². The van der Waals surface area contributed by atoms with Crippen LogP contribution in [0.1, 0.15) is 43.9 Å². The number of ether oxygens (including phenoxy) is 1. The minimum Gasteiger partial charge on any atom is -0.496 e. The molecule has 0 unspecified atom stereocenters. The van der Waals surface area contributed by atoms with E-state index in [1.165, 1.54) is 20.1 Å². The molecule has 2 aromatic rings. The highest BCUT2D eigenvalue weighted by Gasteiger charge is 2.32. The number of hydrogen-bond donors (Lipinski definition) is 2. The molecule has 0 amide bonds. The first-order valence-electron chi connectivity index (χ1n) is 9.70. The highest BCUT2D eigenvalue weighted by molar-refractivity contribution is 5.82. The summed E-state index contributed by atoms with van der Waals surface area (Å²) < 4.78 is 45.3. The minimum absolute atomic E-state index is 0.0259. The lowest BCUT2D eigenvalue weighted by molar-refractivity contribution is -0.142. The second-order valence-electron chi connectivity index (χ2n) is 7.84. The van der Waals surface area contributed by atoms with Gasteiger partial charge < -0.3 is 15.2 Å². The van der Waals surface area contributed by atoms with Crippen molar-refractivity contribution in [2.45, 2.75) is 45.3 Å². The zero-order valence-corrected chi connectivity index (χ0v) is 17.9. The Labute approximate surface area is 179 Å². The van der Waals surface area contributed by atoms with Crippen molar-refractivity contribution in [3.05, 3.63) is 53.1 Å². The molecule has 0 heterocycles. The van der Waals surface area contributed by atoms with Gasteiger partial charge in [0.1, 0.15) is 11.5 Å². The van der Waals surface area contributed by atoms with Gasteiger partial charge in [0, 0.05) is 25.1 Å². The second-order valence-corrected chi connectivity index (χ2v) is 7.84. The lowest BCUT2D eigenvalue weighted by Gasteiger charge is -2.23. The third kappa shape index (κ3) is 5.85. The summed E-state index contributed by atoms with van der Waals surface area (Å²) in [6.07, 6.45) is -4.25. The van der Waals surface area contributed by atoms with E-state index in [4.69, 9.17) is 4.74 Å². The largest absolute Gasteiger partial charge is 0.496 e.